The first-order chi connectivity index (χ1) is 11.4. The van der Waals surface area contributed by atoms with Gasteiger partial charge in [-0.2, -0.15) is 0 Å². The molecule has 1 atom stereocenters. The Morgan fingerprint density at radius 2 is 2.08 bits per heavy atom. The van der Waals surface area contributed by atoms with Crippen molar-refractivity contribution < 1.29 is 18.3 Å². The molecule has 0 radical (unpaired) electrons. The highest BCUT2D eigenvalue weighted by molar-refractivity contribution is 7.89. The summed E-state index contributed by atoms with van der Waals surface area (Å²) in [5.74, 6) is 0.820. The van der Waals surface area contributed by atoms with Gasteiger partial charge in [0.25, 0.3) is 0 Å². The van der Waals surface area contributed by atoms with Crippen molar-refractivity contribution in [1.29, 1.82) is 0 Å². The fourth-order valence-corrected chi connectivity index (χ4v) is 4.21. The van der Waals surface area contributed by atoms with Gasteiger partial charge in [0.15, 0.2) is 0 Å². The van der Waals surface area contributed by atoms with Gasteiger partial charge in [0, 0.05) is 18.0 Å². The molecule has 128 valence electrons. The molecule has 0 saturated carbocycles. The van der Waals surface area contributed by atoms with E-state index in [4.69, 9.17) is 16.3 Å². The number of rotatable bonds is 5. The van der Waals surface area contributed by atoms with Crippen LogP contribution in [0, 0.1) is 6.92 Å². The van der Waals surface area contributed by atoms with Gasteiger partial charge in [-0.15, -0.1) is 0 Å². The minimum absolute atomic E-state index is 0.115. The maximum atomic E-state index is 12.4. The molecule has 2 aromatic rings. The number of nitrogens with one attached hydrogen (secondary N) is 1. The molecule has 1 unspecified atom stereocenters. The second-order valence-corrected chi connectivity index (χ2v) is 7.91. The summed E-state index contributed by atoms with van der Waals surface area (Å²) >= 11 is 5.88. The number of hydrogen-bond acceptors (Lipinski definition) is 4. The van der Waals surface area contributed by atoms with Gasteiger partial charge in [-0.1, -0.05) is 23.7 Å². The first kappa shape index (κ1) is 17.2. The molecule has 2 N–H and O–H groups in total. The summed E-state index contributed by atoms with van der Waals surface area (Å²) in [6.45, 7) is 2.21. The summed E-state index contributed by atoms with van der Waals surface area (Å²) in [5, 5.41) is 10.6. The molecule has 0 aliphatic carbocycles. The maximum Gasteiger partial charge on any atom is 0.240 e. The molecule has 0 spiro atoms. The number of hydrogen-bond donors (Lipinski definition) is 2. The summed E-state index contributed by atoms with van der Waals surface area (Å²) in [7, 11) is -3.75. The fraction of sp³-hybridized carbons (Fsp3) is 0.294. The van der Waals surface area contributed by atoms with Crippen LogP contribution in [0.2, 0.25) is 5.02 Å². The number of halogens is 1. The van der Waals surface area contributed by atoms with Crippen LogP contribution in [0.25, 0.3) is 0 Å². The minimum Gasteiger partial charge on any atom is -0.493 e. The molecule has 24 heavy (non-hydrogen) atoms. The van der Waals surface area contributed by atoms with Crippen molar-refractivity contribution in [2.45, 2.75) is 24.3 Å². The first-order valence-corrected chi connectivity index (χ1v) is 9.42. The third-order valence-electron chi connectivity index (χ3n) is 4.00. The van der Waals surface area contributed by atoms with E-state index in [-0.39, 0.29) is 11.4 Å². The zero-order valence-electron chi connectivity index (χ0n) is 13.1. The van der Waals surface area contributed by atoms with Gasteiger partial charge in [0.1, 0.15) is 5.75 Å². The van der Waals surface area contributed by atoms with E-state index in [9.17, 15) is 13.5 Å². The lowest BCUT2D eigenvalue weighted by Gasteiger charge is -2.14. The van der Waals surface area contributed by atoms with Gasteiger partial charge in [0.2, 0.25) is 10.0 Å². The van der Waals surface area contributed by atoms with Gasteiger partial charge < -0.3 is 9.84 Å². The van der Waals surface area contributed by atoms with Gasteiger partial charge in [-0.05, 0) is 47.9 Å². The van der Waals surface area contributed by atoms with E-state index in [1.54, 1.807) is 31.2 Å². The third kappa shape index (κ3) is 3.57. The maximum absolute atomic E-state index is 12.4. The van der Waals surface area contributed by atoms with Crippen LogP contribution in [0.15, 0.2) is 41.3 Å². The largest absolute Gasteiger partial charge is 0.493 e. The van der Waals surface area contributed by atoms with Crippen LogP contribution >= 0.6 is 11.6 Å². The zero-order chi connectivity index (χ0) is 17.3. The van der Waals surface area contributed by atoms with Crippen LogP contribution in [0.4, 0.5) is 0 Å². The number of fused-ring (bicyclic) bond motifs is 1. The minimum atomic E-state index is -3.75. The van der Waals surface area contributed by atoms with Gasteiger partial charge in [-0.25, -0.2) is 13.1 Å². The SMILES string of the molecule is Cc1ccc(Cl)cc1S(=O)(=O)NCC(O)c1ccc2c(c1)CCO2. The Balaban J connectivity index is 1.73. The summed E-state index contributed by atoms with van der Waals surface area (Å²) in [5.41, 5.74) is 2.28. The normalized spacial score (nSPS) is 15.0. The van der Waals surface area contributed by atoms with E-state index >= 15 is 0 Å². The van der Waals surface area contributed by atoms with E-state index in [0.29, 0.717) is 22.8 Å². The van der Waals surface area contributed by atoms with Crippen molar-refractivity contribution in [3.63, 3.8) is 0 Å². The standard InChI is InChI=1S/C17H18ClNO4S/c1-11-2-4-14(18)9-17(11)24(21,22)19-10-15(20)12-3-5-16-13(8-12)6-7-23-16/h2-5,8-9,15,19-20H,6-7,10H2,1H3. The molecule has 2 aromatic carbocycles. The molecule has 0 fully saturated rings. The second-order valence-electron chi connectivity index (χ2n) is 5.74. The topological polar surface area (TPSA) is 75.6 Å². The number of sulfonamides is 1. The first-order valence-electron chi connectivity index (χ1n) is 7.56. The molecule has 1 aliphatic heterocycles. The Morgan fingerprint density at radius 3 is 2.88 bits per heavy atom. The monoisotopic (exact) mass is 367 g/mol. The van der Waals surface area contributed by atoms with Crippen LogP contribution in [-0.4, -0.2) is 26.7 Å². The summed E-state index contributed by atoms with van der Waals surface area (Å²) < 4.78 is 32.7. The second kappa shape index (κ2) is 6.72. The highest BCUT2D eigenvalue weighted by atomic mass is 35.5. The molecule has 7 heteroatoms. The summed E-state index contributed by atoms with van der Waals surface area (Å²) in [6.07, 6.45) is -0.145. The average molecular weight is 368 g/mol. The third-order valence-corrected chi connectivity index (χ3v) is 5.81. The number of benzene rings is 2. The Kier molecular flexibility index (Phi) is 4.83. The van der Waals surface area contributed by atoms with Crippen molar-refractivity contribution >= 4 is 21.6 Å². The molecule has 0 saturated heterocycles. The van der Waals surface area contributed by atoms with E-state index in [0.717, 1.165) is 17.7 Å². The van der Waals surface area contributed by atoms with Crippen molar-refractivity contribution in [1.82, 2.24) is 4.72 Å². The van der Waals surface area contributed by atoms with Crippen LogP contribution in [0.5, 0.6) is 5.75 Å². The number of aliphatic hydroxyl groups is 1. The van der Waals surface area contributed by atoms with Crippen molar-refractivity contribution in [3.8, 4) is 5.75 Å². The highest BCUT2D eigenvalue weighted by Crippen LogP contribution is 2.28. The van der Waals surface area contributed by atoms with Crippen LogP contribution in [-0.2, 0) is 16.4 Å². The smallest absolute Gasteiger partial charge is 0.240 e. The van der Waals surface area contributed by atoms with Crippen molar-refractivity contribution in [2.24, 2.45) is 0 Å². The molecule has 1 aliphatic rings. The fourth-order valence-electron chi connectivity index (χ4n) is 2.66. The molecule has 1 heterocycles. The van der Waals surface area contributed by atoms with Gasteiger partial charge in [0.05, 0.1) is 17.6 Å². The Bertz CT molecular complexity index is 867. The Hall–Kier alpha value is -1.60. The van der Waals surface area contributed by atoms with Crippen molar-refractivity contribution in [3.05, 3.63) is 58.1 Å². The van der Waals surface area contributed by atoms with Crippen molar-refractivity contribution in [2.75, 3.05) is 13.2 Å². The molecule has 0 bridgehead atoms. The highest BCUT2D eigenvalue weighted by Gasteiger charge is 2.20. The molecular formula is C17H18ClNO4S. The number of ether oxygens (including phenoxy) is 1. The lowest BCUT2D eigenvalue weighted by atomic mass is 10.0. The molecule has 5 nitrogen and oxygen atoms in total. The Labute approximate surface area is 146 Å². The lowest BCUT2D eigenvalue weighted by molar-refractivity contribution is 0.182. The zero-order valence-corrected chi connectivity index (χ0v) is 14.7. The molecular weight excluding hydrogens is 350 g/mol. The number of aliphatic hydroxyl groups excluding tert-OH is 1. The van der Waals surface area contributed by atoms with Crippen LogP contribution in [0.1, 0.15) is 22.8 Å². The molecule has 0 aromatic heterocycles. The van der Waals surface area contributed by atoms with Gasteiger partial charge in [-0.3, -0.25) is 0 Å². The number of aryl methyl sites for hydroxylation is 1. The van der Waals surface area contributed by atoms with E-state index in [1.165, 1.54) is 6.07 Å². The van der Waals surface area contributed by atoms with E-state index in [1.807, 2.05) is 6.07 Å². The lowest BCUT2D eigenvalue weighted by Crippen LogP contribution is -2.29. The van der Waals surface area contributed by atoms with E-state index < -0.39 is 16.1 Å². The molecule has 0 amide bonds. The summed E-state index contributed by atoms with van der Waals surface area (Å²) in [4.78, 5) is 0.115. The van der Waals surface area contributed by atoms with E-state index in [2.05, 4.69) is 4.72 Å². The predicted octanol–water partition coefficient (Wildman–Crippen LogP) is 2.60. The Morgan fingerprint density at radius 1 is 1.29 bits per heavy atom. The molecule has 3 rings (SSSR count). The quantitative estimate of drug-likeness (QED) is 0.851. The predicted molar refractivity (Wildman–Crippen MR) is 92.0 cm³/mol. The van der Waals surface area contributed by atoms with Gasteiger partial charge >= 0.3 is 0 Å². The van der Waals surface area contributed by atoms with Crippen LogP contribution in [0.3, 0.4) is 0 Å². The average Bonchev–Trinajstić information content (AvgIpc) is 3.02. The summed E-state index contributed by atoms with van der Waals surface area (Å²) in [6, 6.07) is 10.1. The van der Waals surface area contributed by atoms with Crippen LogP contribution < -0.4 is 9.46 Å².